The number of rotatable bonds is 4. The largest absolute Gasteiger partial charge is 0.461 e. The number of nitrogens with zero attached hydrogens (tertiary/aromatic N) is 1. The molecule has 90 valence electrons. The number of aromatic nitrogens is 1. The second-order valence-electron chi connectivity index (χ2n) is 4.71. The summed E-state index contributed by atoms with van der Waals surface area (Å²) in [5, 5.41) is 6.74. The van der Waals surface area contributed by atoms with Gasteiger partial charge in [0.15, 0.2) is 0 Å². The Morgan fingerprint density at radius 2 is 2.25 bits per heavy atom. The normalized spacial score (nSPS) is 11.2. The molecule has 0 amide bonds. The van der Waals surface area contributed by atoms with Gasteiger partial charge in [0.25, 0.3) is 0 Å². The Kier molecular flexibility index (Phi) is 3.93. The quantitative estimate of drug-likeness (QED) is 0.798. The summed E-state index contributed by atoms with van der Waals surface area (Å²) in [4.78, 5) is 11.5. The summed E-state index contributed by atoms with van der Waals surface area (Å²) in [5.74, 6) is -0.465. The molecule has 0 radical (unpaired) electrons. The molecule has 1 aromatic heterocycles. The van der Waals surface area contributed by atoms with Gasteiger partial charge in [0.2, 0.25) is 5.69 Å². The van der Waals surface area contributed by atoms with Crippen molar-refractivity contribution in [1.82, 2.24) is 5.16 Å². The second-order valence-corrected chi connectivity index (χ2v) is 4.71. The number of hydrogen-bond donors (Lipinski definition) is 1. The van der Waals surface area contributed by atoms with Crippen LogP contribution in [-0.2, 0) is 4.74 Å². The molecular weight excluding hydrogens is 208 g/mol. The summed E-state index contributed by atoms with van der Waals surface area (Å²) in [6, 6.07) is 0. The highest BCUT2D eigenvalue weighted by atomic mass is 16.5. The van der Waals surface area contributed by atoms with Crippen LogP contribution in [0.1, 0.15) is 38.2 Å². The standard InChI is InChI=1S/C11H18N2O3/c1-5-15-10(14)9-8(6-16-13-9)12-7-11(2,3)4/h6,12H,5,7H2,1-4H3. The molecule has 1 rings (SSSR count). The van der Waals surface area contributed by atoms with Gasteiger partial charge >= 0.3 is 5.97 Å². The van der Waals surface area contributed by atoms with Gasteiger partial charge in [-0.15, -0.1) is 0 Å². The van der Waals surface area contributed by atoms with Gasteiger partial charge in [-0.05, 0) is 12.3 Å². The van der Waals surface area contributed by atoms with Crippen LogP contribution in [0.3, 0.4) is 0 Å². The van der Waals surface area contributed by atoms with Crippen molar-refractivity contribution in [1.29, 1.82) is 0 Å². The summed E-state index contributed by atoms with van der Waals surface area (Å²) >= 11 is 0. The van der Waals surface area contributed by atoms with E-state index < -0.39 is 5.97 Å². The van der Waals surface area contributed by atoms with Crippen molar-refractivity contribution in [3.8, 4) is 0 Å². The number of carbonyl (C=O) groups excluding carboxylic acids is 1. The SMILES string of the molecule is CCOC(=O)c1nocc1NCC(C)(C)C. The predicted molar refractivity (Wildman–Crippen MR) is 60.4 cm³/mol. The fourth-order valence-corrected chi connectivity index (χ4v) is 1.07. The average Bonchev–Trinajstić information content (AvgIpc) is 2.61. The van der Waals surface area contributed by atoms with Gasteiger partial charge in [0.1, 0.15) is 12.0 Å². The van der Waals surface area contributed by atoms with Crippen LogP contribution in [0, 0.1) is 5.41 Å². The van der Waals surface area contributed by atoms with Crippen LogP contribution in [0.2, 0.25) is 0 Å². The first-order valence-corrected chi connectivity index (χ1v) is 5.29. The number of carbonyl (C=O) groups is 1. The molecule has 0 spiro atoms. The zero-order chi connectivity index (χ0) is 12.2. The molecule has 0 aliphatic rings. The van der Waals surface area contributed by atoms with E-state index in [1.54, 1.807) is 6.92 Å². The van der Waals surface area contributed by atoms with Crippen molar-refractivity contribution in [2.75, 3.05) is 18.5 Å². The highest BCUT2D eigenvalue weighted by Gasteiger charge is 2.19. The molecule has 0 bridgehead atoms. The minimum atomic E-state index is -0.465. The number of anilines is 1. The molecule has 5 heteroatoms. The molecule has 1 aromatic rings. The molecule has 0 saturated heterocycles. The topological polar surface area (TPSA) is 64.4 Å². The molecule has 1 heterocycles. The van der Waals surface area contributed by atoms with Gasteiger partial charge < -0.3 is 14.6 Å². The monoisotopic (exact) mass is 226 g/mol. The van der Waals surface area contributed by atoms with E-state index in [0.717, 1.165) is 6.54 Å². The predicted octanol–water partition coefficient (Wildman–Crippen LogP) is 2.31. The number of esters is 1. The molecule has 0 unspecified atom stereocenters. The average molecular weight is 226 g/mol. The molecule has 16 heavy (non-hydrogen) atoms. The summed E-state index contributed by atoms with van der Waals surface area (Å²) in [7, 11) is 0. The molecule has 0 saturated carbocycles. The molecule has 0 atom stereocenters. The Morgan fingerprint density at radius 1 is 1.56 bits per heavy atom. The smallest absolute Gasteiger partial charge is 0.362 e. The van der Waals surface area contributed by atoms with E-state index in [1.807, 2.05) is 0 Å². The van der Waals surface area contributed by atoms with Crippen molar-refractivity contribution < 1.29 is 14.1 Å². The van der Waals surface area contributed by atoms with Gasteiger partial charge in [-0.3, -0.25) is 0 Å². The maximum Gasteiger partial charge on any atom is 0.362 e. The van der Waals surface area contributed by atoms with E-state index in [4.69, 9.17) is 9.26 Å². The first-order chi connectivity index (χ1) is 7.44. The molecular formula is C11H18N2O3. The third-order valence-electron chi connectivity index (χ3n) is 1.85. The van der Waals surface area contributed by atoms with E-state index in [2.05, 4.69) is 31.2 Å². The molecule has 5 nitrogen and oxygen atoms in total. The number of hydrogen-bond acceptors (Lipinski definition) is 5. The lowest BCUT2D eigenvalue weighted by Gasteiger charge is -2.18. The first kappa shape index (κ1) is 12.5. The van der Waals surface area contributed by atoms with Gasteiger partial charge in [-0.1, -0.05) is 25.9 Å². The highest BCUT2D eigenvalue weighted by molar-refractivity contribution is 5.93. The van der Waals surface area contributed by atoms with Crippen molar-refractivity contribution >= 4 is 11.7 Å². The Morgan fingerprint density at radius 3 is 2.81 bits per heavy atom. The Bertz CT molecular complexity index is 352. The fraction of sp³-hybridized carbons (Fsp3) is 0.636. The van der Waals surface area contributed by atoms with Gasteiger partial charge in [0, 0.05) is 6.54 Å². The van der Waals surface area contributed by atoms with Crippen LogP contribution >= 0.6 is 0 Å². The van der Waals surface area contributed by atoms with Gasteiger partial charge in [-0.2, -0.15) is 0 Å². The van der Waals surface area contributed by atoms with Crippen LogP contribution in [0.15, 0.2) is 10.8 Å². The van der Waals surface area contributed by atoms with Crippen LogP contribution in [0.5, 0.6) is 0 Å². The molecule has 0 aromatic carbocycles. The zero-order valence-corrected chi connectivity index (χ0v) is 10.2. The second kappa shape index (κ2) is 5.01. The van der Waals surface area contributed by atoms with Crippen LogP contribution in [-0.4, -0.2) is 24.3 Å². The van der Waals surface area contributed by atoms with Crippen LogP contribution in [0.4, 0.5) is 5.69 Å². The number of nitrogens with one attached hydrogen (secondary N) is 1. The third kappa shape index (κ3) is 3.56. The summed E-state index contributed by atoms with van der Waals surface area (Å²) in [6.45, 7) is 9.08. The van der Waals surface area contributed by atoms with Crippen LogP contribution in [0.25, 0.3) is 0 Å². The molecule has 0 aliphatic heterocycles. The lowest BCUT2D eigenvalue weighted by atomic mass is 9.97. The maximum absolute atomic E-state index is 11.5. The Hall–Kier alpha value is -1.52. The summed E-state index contributed by atoms with van der Waals surface area (Å²) in [5.41, 5.74) is 0.892. The minimum Gasteiger partial charge on any atom is -0.461 e. The summed E-state index contributed by atoms with van der Waals surface area (Å²) in [6.07, 6.45) is 1.41. The molecule has 0 aliphatic carbocycles. The van der Waals surface area contributed by atoms with Gasteiger partial charge in [-0.25, -0.2) is 4.79 Å². The minimum absolute atomic E-state index is 0.114. The van der Waals surface area contributed by atoms with Crippen molar-refractivity contribution in [2.45, 2.75) is 27.7 Å². The van der Waals surface area contributed by atoms with Crippen molar-refractivity contribution in [3.63, 3.8) is 0 Å². The Labute approximate surface area is 95.1 Å². The van der Waals surface area contributed by atoms with E-state index in [0.29, 0.717) is 12.3 Å². The van der Waals surface area contributed by atoms with E-state index in [1.165, 1.54) is 6.26 Å². The van der Waals surface area contributed by atoms with E-state index in [-0.39, 0.29) is 11.1 Å². The Balaban J connectivity index is 2.67. The van der Waals surface area contributed by atoms with Crippen LogP contribution < -0.4 is 5.32 Å². The highest BCUT2D eigenvalue weighted by Crippen LogP contribution is 2.18. The molecule has 1 N–H and O–H groups in total. The number of ether oxygens (including phenoxy) is 1. The van der Waals surface area contributed by atoms with Gasteiger partial charge in [0.05, 0.1) is 6.61 Å². The zero-order valence-electron chi connectivity index (χ0n) is 10.2. The first-order valence-electron chi connectivity index (χ1n) is 5.29. The van der Waals surface area contributed by atoms with E-state index >= 15 is 0 Å². The summed E-state index contributed by atoms with van der Waals surface area (Å²) < 4.78 is 9.62. The lowest BCUT2D eigenvalue weighted by molar-refractivity contribution is 0.0515. The maximum atomic E-state index is 11.5. The lowest BCUT2D eigenvalue weighted by Crippen LogP contribution is -2.20. The fourth-order valence-electron chi connectivity index (χ4n) is 1.07. The van der Waals surface area contributed by atoms with E-state index in [9.17, 15) is 4.79 Å². The molecule has 0 fully saturated rings. The third-order valence-corrected chi connectivity index (χ3v) is 1.85. The van der Waals surface area contributed by atoms with Crippen molar-refractivity contribution in [3.05, 3.63) is 12.0 Å². The van der Waals surface area contributed by atoms with Crippen molar-refractivity contribution in [2.24, 2.45) is 5.41 Å².